The molecule has 0 amide bonds. The first-order valence-electron chi connectivity index (χ1n) is 7.10. The van der Waals surface area contributed by atoms with Crippen molar-refractivity contribution in [3.63, 3.8) is 0 Å². The first-order valence-corrected chi connectivity index (χ1v) is 8.80. The van der Waals surface area contributed by atoms with E-state index < -0.39 is 0 Å². The van der Waals surface area contributed by atoms with Crippen LogP contribution in [0, 0.1) is 0 Å². The Morgan fingerprint density at radius 3 is 3.05 bits per heavy atom. The zero-order chi connectivity index (χ0) is 14.2. The van der Waals surface area contributed by atoms with Crippen molar-refractivity contribution in [2.75, 3.05) is 26.3 Å². The van der Waals surface area contributed by atoms with Crippen LogP contribution in [-0.4, -0.2) is 36.5 Å². The van der Waals surface area contributed by atoms with Gasteiger partial charge >= 0.3 is 0 Å². The van der Waals surface area contributed by atoms with E-state index in [-0.39, 0.29) is 0 Å². The van der Waals surface area contributed by atoms with Gasteiger partial charge in [-0.05, 0) is 32.0 Å². The predicted molar refractivity (Wildman–Crippen MR) is 88.9 cm³/mol. The van der Waals surface area contributed by atoms with Gasteiger partial charge in [-0.15, -0.1) is 11.3 Å². The smallest absolute Gasteiger partial charge is 0.151 e. The second-order valence-corrected chi connectivity index (χ2v) is 7.35. The molecule has 110 valence electrons. The third-order valence-electron chi connectivity index (χ3n) is 2.85. The summed E-state index contributed by atoms with van der Waals surface area (Å²) in [6, 6.07) is 8.32. The summed E-state index contributed by atoms with van der Waals surface area (Å²) in [5.74, 6) is 0. The molecule has 20 heavy (non-hydrogen) atoms. The minimum Gasteiger partial charge on any atom is -0.382 e. The molecule has 0 fully saturated rings. The lowest BCUT2D eigenvalue weighted by molar-refractivity contribution is 0.145. The van der Waals surface area contributed by atoms with Gasteiger partial charge in [-0.25, -0.2) is 4.98 Å². The molecule has 1 aromatic heterocycles. The number of rotatable bonds is 9. The molecular formula is C15H22N2OS2. The molecule has 1 atom stereocenters. The normalized spacial score (nSPS) is 12.9. The maximum Gasteiger partial charge on any atom is 0.151 e. The Morgan fingerprint density at radius 2 is 2.25 bits per heavy atom. The number of para-hydroxylation sites is 1. The van der Waals surface area contributed by atoms with Crippen molar-refractivity contribution in [3.05, 3.63) is 24.3 Å². The van der Waals surface area contributed by atoms with Crippen LogP contribution in [0.5, 0.6) is 0 Å². The highest BCUT2D eigenvalue weighted by Crippen LogP contribution is 2.31. The first-order chi connectivity index (χ1) is 9.79. The molecule has 2 rings (SSSR count). The summed E-state index contributed by atoms with van der Waals surface area (Å²) in [6.45, 7) is 7.96. The molecule has 1 aromatic carbocycles. The zero-order valence-corrected chi connectivity index (χ0v) is 13.7. The van der Waals surface area contributed by atoms with Crippen LogP contribution in [0.4, 0.5) is 0 Å². The van der Waals surface area contributed by atoms with Gasteiger partial charge in [0.05, 0.1) is 10.2 Å². The summed E-state index contributed by atoms with van der Waals surface area (Å²) >= 11 is 3.63. The zero-order valence-electron chi connectivity index (χ0n) is 12.1. The Bertz CT molecular complexity index is 482. The molecule has 3 nitrogen and oxygen atoms in total. The fourth-order valence-electron chi connectivity index (χ4n) is 1.86. The number of nitrogens with zero attached hydrogens (tertiary/aromatic N) is 1. The van der Waals surface area contributed by atoms with Crippen LogP contribution in [0.1, 0.15) is 20.3 Å². The van der Waals surface area contributed by atoms with Gasteiger partial charge in [-0.1, -0.05) is 30.8 Å². The Morgan fingerprint density at radius 1 is 1.40 bits per heavy atom. The SMILES string of the molecule is CCOCCCNCC(C)Sc1nc2ccccc2s1. The number of aromatic nitrogens is 1. The van der Waals surface area contributed by atoms with Gasteiger partial charge in [0, 0.05) is 25.0 Å². The highest BCUT2D eigenvalue weighted by Gasteiger charge is 2.08. The maximum absolute atomic E-state index is 5.32. The van der Waals surface area contributed by atoms with Crippen molar-refractivity contribution in [2.45, 2.75) is 29.9 Å². The molecule has 0 aliphatic carbocycles. The number of nitrogens with one attached hydrogen (secondary N) is 1. The summed E-state index contributed by atoms with van der Waals surface area (Å²) in [5, 5.41) is 4.00. The van der Waals surface area contributed by atoms with Crippen molar-refractivity contribution in [2.24, 2.45) is 0 Å². The van der Waals surface area contributed by atoms with Crippen LogP contribution in [-0.2, 0) is 4.74 Å². The van der Waals surface area contributed by atoms with Gasteiger partial charge in [-0.2, -0.15) is 0 Å². The molecule has 1 unspecified atom stereocenters. The average Bonchev–Trinajstić information content (AvgIpc) is 2.84. The predicted octanol–water partition coefficient (Wildman–Crippen LogP) is 3.79. The summed E-state index contributed by atoms with van der Waals surface area (Å²) in [5.41, 5.74) is 1.11. The lowest BCUT2D eigenvalue weighted by Gasteiger charge is -2.10. The van der Waals surface area contributed by atoms with E-state index in [1.165, 1.54) is 4.70 Å². The summed E-state index contributed by atoms with van der Waals surface area (Å²) in [6.07, 6.45) is 1.08. The monoisotopic (exact) mass is 310 g/mol. The second-order valence-electron chi connectivity index (χ2n) is 4.63. The lowest BCUT2D eigenvalue weighted by atomic mass is 10.3. The Balaban J connectivity index is 1.70. The van der Waals surface area contributed by atoms with Crippen molar-refractivity contribution in [1.29, 1.82) is 0 Å². The molecule has 0 spiro atoms. The van der Waals surface area contributed by atoms with Gasteiger partial charge in [0.1, 0.15) is 0 Å². The van der Waals surface area contributed by atoms with Crippen LogP contribution in [0.3, 0.4) is 0 Å². The minimum atomic E-state index is 0.530. The van der Waals surface area contributed by atoms with Crippen LogP contribution >= 0.6 is 23.1 Å². The van der Waals surface area contributed by atoms with Crippen LogP contribution in [0.15, 0.2) is 28.6 Å². The van der Waals surface area contributed by atoms with E-state index in [1.54, 1.807) is 11.3 Å². The standard InChI is InChI=1S/C15H22N2OS2/c1-3-18-10-6-9-16-11-12(2)19-15-17-13-7-4-5-8-14(13)20-15/h4-5,7-8,12,16H,3,6,9-11H2,1-2H3. The van der Waals surface area contributed by atoms with Crippen molar-refractivity contribution in [3.8, 4) is 0 Å². The quantitative estimate of drug-likeness (QED) is 0.564. The number of fused-ring (bicyclic) bond motifs is 1. The molecule has 0 bridgehead atoms. The minimum absolute atomic E-state index is 0.530. The number of benzene rings is 1. The fraction of sp³-hybridized carbons (Fsp3) is 0.533. The van der Waals surface area contributed by atoms with Gasteiger partial charge in [0.15, 0.2) is 4.34 Å². The Labute approximate surface area is 129 Å². The van der Waals surface area contributed by atoms with Gasteiger partial charge in [0.25, 0.3) is 0 Å². The molecule has 1 heterocycles. The first kappa shape index (κ1) is 15.8. The molecule has 0 aliphatic heterocycles. The van der Waals surface area contributed by atoms with E-state index >= 15 is 0 Å². The highest BCUT2D eigenvalue weighted by molar-refractivity contribution is 8.01. The lowest BCUT2D eigenvalue weighted by Crippen LogP contribution is -2.24. The highest BCUT2D eigenvalue weighted by atomic mass is 32.2. The number of thioether (sulfide) groups is 1. The molecule has 0 radical (unpaired) electrons. The van der Waals surface area contributed by atoms with Crippen LogP contribution in [0.2, 0.25) is 0 Å². The number of hydrogen-bond donors (Lipinski definition) is 1. The fourth-order valence-corrected chi connectivity index (χ4v) is 4.21. The number of ether oxygens (including phenoxy) is 1. The molecule has 0 saturated heterocycles. The average molecular weight is 310 g/mol. The largest absolute Gasteiger partial charge is 0.382 e. The molecule has 0 saturated carbocycles. The molecule has 0 aliphatic rings. The Kier molecular flexibility index (Phi) is 6.79. The Hall–Kier alpha value is -0.620. The molecular weight excluding hydrogens is 288 g/mol. The van der Waals surface area contributed by atoms with E-state index in [1.807, 2.05) is 24.8 Å². The third kappa shape index (κ3) is 5.05. The van der Waals surface area contributed by atoms with Crippen molar-refractivity contribution in [1.82, 2.24) is 10.3 Å². The topological polar surface area (TPSA) is 34.1 Å². The van der Waals surface area contributed by atoms with Crippen LogP contribution in [0.25, 0.3) is 10.2 Å². The van der Waals surface area contributed by atoms with E-state index in [0.29, 0.717) is 5.25 Å². The summed E-state index contributed by atoms with van der Waals surface area (Å²) < 4.78 is 7.75. The van der Waals surface area contributed by atoms with Crippen molar-refractivity contribution >= 4 is 33.3 Å². The van der Waals surface area contributed by atoms with E-state index in [0.717, 1.165) is 42.6 Å². The maximum atomic E-state index is 5.32. The van der Waals surface area contributed by atoms with E-state index in [2.05, 4.69) is 35.4 Å². The van der Waals surface area contributed by atoms with Gasteiger partial charge < -0.3 is 10.1 Å². The van der Waals surface area contributed by atoms with Gasteiger partial charge in [0.2, 0.25) is 0 Å². The summed E-state index contributed by atoms with van der Waals surface area (Å²) in [4.78, 5) is 4.66. The molecule has 2 aromatic rings. The van der Waals surface area contributed by atoms with Gasteiger partial charge in [-0.3, -0.25) is 0 Å². The number of hydrogen-bond acceptors (Lipinski definition) is 5. The van der Waals surface area contributed by atoms with E-state index in [9.17, 15) is 0 Å². The van der Waals surface area contributed by atoms with Crippen molar-refractivity contribution < 1.29 is 4.74 Å². The second kappa shape index (κ2) is 8.62. The molecule has 5 heteroatoms. The van der Waals surface area contributed by atoms with E-state index in [4.69, 9.17) is 4.74 Å². The number of thiazole rings is 1. The summed E-state index contributed by atoms with van der Waals surface area (Å²) in [7, 11) is 0. The molecule has 1 N–H and O–H groups in total. The third-order valence-corrected chi connectivity index (χ3v) is 5.09. The van der Waals surface area contributed by atoms with Crippen LogP contribution < -0.4 is 5.32 Å².